The van der Waals surface area contributed by atoms with Crippen LogP contribution in [-0.4, -0.2) is 37.9 Å². The van der Waals surface area contributed by atoms with Gasteiger partial charge in [0.05, 0.1) is 6.61 Å². The van der Waals surface area contributed by atoms with E-state index in [2.05, 4.69) is 5.32 Å². The van der Waals surface area contributed by atoms with E-state index in [-0.39, 0.29) is 23.8 Å². The molecular formula is C12H23NO3. The molecule has 0 aromatic rings. The summed E-state index contributed by atoms with van der Waals surface area (Å²) < 4.78 is 4.95. The second kappa shape index (κ2) is 6.21. The molecule has 4 nitrogen and oxygen atoms in total. The van der Waals surface area contributed by atoms with Gasteiger partial charge in [-0.2, -0.15) is 0 Å². The minimum Gasteiger partial charge on any atom is -0.396 e. The van der Waals surface area contributed by atoms with Crippen molar-refractivity contribution in [1.82, 2.24) is 5.32 Å². The van der Waals surface area contributed by atoms with Crippen LogP contribution >= 0.6 is 0 Å². The number of hydrogen-bond acceptors (Lipinski definition) is 3. The number of hydrogen-bond donors (Lipinski definition) is 2. The van der Waals surface area contributed by atoms with Crippen molar-refractivity contribution < 1.29 is 14.6 Å². The van der Waals surface area contributed by atoms with E-state index in [0.29, 0.717) is 13.2 Å². The lowest BCUT2D eigenvalue weighted by Gasteiger charge is -2.16. The van der Waals surface area contributed by atoms with E-state index in [0.717, 1.165) is 25.7 Å². The fourth-order valence-electron chi connectivity index (χ4n) is 1.68. The Labute approximate surface area is 97.4 Å². The number of rotatable bonds is 8. The van der Waals surface area contributed by atoms with E-state index in [4.69, 9.17) is 9.84 Å². The summed E-state index contributed by atoms with van der Waals surface area (Å²) in [4.78, 5) is 11.7. The van der Waals surface area contributed by atoms with Crippen molar-refractivity contribution in [1.29, 1.82) is 0 Å². The summed E-state index contributed by atoms with van der Waals surface area (Å²) >= 11 is 0. The maximum absolute atomic E-state index is 11.7. The van der Waals surface area contributed by atoms with Crippen molar-refractivity contribution in [2.45, 2.75) is 32.6 Å². The van der Waals surface area contributed by atoms with Crippen LogP contribution in [0.4, 0.5) is 0 Å². The predicted octanol–water partition coefficient (Wildman–Crippen LogP) is 0.938. The molecule has 94 valence electrons. The van der Waals surface area contributed by atoms with Crippen molar-refractivity contribution in [2.75, 3.05) is 26.9 Å². The number of methoxy groups -OCH3 is 1. The Morgan fingerprint density at radius 1 is 1.56 bits per heavy atom. The predicted molar refractivity (Wildman–Crippen MR) is 62.0 cm³/mol. The van der Waals surface area contributed by atoms with E-state index in [1.165, 1.54) is 0 Å². The molecule has 1 rings (SSSR count). The number of aliphatic hydroxyl groups excluding tert-OH is 1. The maximum Gasteiger partial charge on any atom is 0.222 e. The van der Waals surface area contributed by atoms with Gasteiger partial charge in [-0.15, -0.1) is 0 Å². The first kappa shape index (κ1) is 13.5. The van der Waals surface area contributed by atoms with Gasteiger partial charge in [0.1, 0.15) is 0 Å². The fourth-order valence-corrected chi connectivity index (χ4v) is 1.68. The van der Waals surface area contributed by atoms with Crippen LogP contribution < -0.4 is 5.32 Å². The van der Waals surface area contributed by atoms with Gasteiger partial charge in [-0.25, -0.2) is 0 Å². The average molecular weight is 229 g/mol. The molecule has 0 aromatic heterocycles. The van der Waals surface area contributed by atoms with E-state index in [1.807, 2.05) is 6.92 Å². The van der Waals surface area contributed by atoms with Gasteiger partial charge in [0.15, 0.2) is 0 Å². The molecule has 16 heavy (non-hydrogen) atoms. The first-order valence-electron chi connectivity index (χ1n) is 6.01. The van der Waals surface area contributed by atoms with E-state index < -0.39 is 0 Å². The van der Waals surface area contributed by atoms with Gasteiger partial charge >= 0.3 is 0 Å². The third-order valence-electron chi connectivity index (χ3n) is 3.36. The number of amides is 1. The second-order valence-electron chi connectivity index (χ2n) is 4.91. The van der Waals surface area contributed by atoms with E-state index in [9.17, 15) is 4.79 Å². The Morgan fingerprint density at radius 2 is 2.25 bits per heavy atom. The standard InChI is InChI=1S/C12H23NO3/c1-10(4-3-7-16-2)11(15)13-8-12(9-14)5-6-12/h10,14H,3-9H2,1-2H3,(H,13,15). The summed E-state index contributed by atoms with van der Waals surface area (Å²) in [6.07, 6.45) is 3.83. The van der Waals surface area contributed by atoms with Crippen LogP contribution in [0, 0.1) is 11.3 Å². The van der Waals surface area contributed by atoms with Gasteiger partial charge in [-0.1, -0.05) is 6.92 Å². The lowest BCUT2D eigenvalue weighted by atomic mass is 10.0. The Morgan fingerprint density at radius 3 is 2.75 bits per heavy atom. The number of carbonyl (C=O) groups is 1. The molecule has 0 radical (unpaired) electrons. The van der Waals surface area contributed by atoms with Gasteiger partial charge < -0.3 is 15.2 Å². The minimum atomic E-state index is 0.00189. The highest BCUT2D eigenvalue weighted by molar-refractivity contribution is 5.78. The minimum absolute atomic E-state index is 0.00189. The summed E-state index contributed by atoms with van der Waals surface area (Å²) in [6, 6.07) is 0. The lowest BCUT2D eigenvalue weighted by molar-refractivity contribution is -0.125. The van der Waals surface area contributed by atoms with Crippen molar-refractivity contribution in [3.8, 4) is 0 Å². The summed E-state index contributed by atoms with van der Waals surface area (Å²) in [5.41, 5.74) is 0.00189. The largest absolute Gasteiger partial charge is 0.396 e. The Hall–Kier alpha value is -0.610. The molecule has 1 aliphatic rings. The highest BCUT2D eigenvalue weighted by atomic mass is 16.5. The van der Waals surface area contributed by atoms with Gasteiger partial charge in [-0.3, -0.25) is 4.79 Å². The van der Waals surface area contributed by atoms with Gasteiger partial charge in [0, 0.05) is 31.6 Å². The van der Waals surface area contributed by atoms with E-state index >= 15 is 0 Å². The highest BCUT2D eigenvalue weighted by Crippen LogP contribution is 2.44. The number of carbonyl (C=O) groups excluding carboxylic acids is 1. The first-order chi connectivity index (χ1) is 7.63. The van der Waals surface area contributed by atoms with Crippen LogP contribution in [0.15, 0.2) is 0 Å². The smallest absolute Gasteiger partial charge is 0.222 e. The van der Waals surface area contributed by atoms with Crippen molar-refractivity contribution in [3.05, 3.63) is 0 Å². The van der Waals surface area contributed by atoms with Crippen LogP contribution in [0.3, 0.4) is 0 Å². The van der Waals surface area contributed by atoms with Crippen molar-refractivity contribution in [2.24, 2.45) is 11.3 Å². The molecule has 0 heterocycles. The topological polar surface area (TPSA) is 58.6 Å². The zero-order valence-corrected chi connectivity index (χ0v) is 10.3. The molecule has 0 aromatic carbocycles. The number of ether oxygens (including phenoxy) is 1. The fraction of sp³-hybridized carbons (Fsp3) is 0.917. The van der Waals surface area contributed by atoms with Gasteiger partial charge in [-0.05, 0) is 25.7 Å². The molecule has 0 saturated heterocycles. The SMILES string of the molecule is COCCCC(C)C(=O)NCC1(CO)CC1. The second-order valence-corrected chi connectivity index (χ2v) is 4.91. The van der Waals surface area contributed by atoms with Gasteiger partial charge in [0.2, 0.25) is 5.91 Å². The first-order valence-corrected chi connectivity index (χ1v) is 6.01. The molecule has 1 fully saturated rings. The van der Waals surface area contributed by atoms with Crippen LogP contribution in [0.2, 0.25) is 0 Å². The molecule has 1 atom stereocenters. The lowest BCUT2D eigenvalue weighted by Crippen LogP contribution is -2.35. The van der Waals surface area contributed by atoms with Crippen LogP contribution in [0.1, 0.15) is 32.6 Å². The molecule has 1 unspecified atom stereocenters. The normalized spacial score (nSPS) is 19.2. The maximum atomic E-state index is 11.7. The Balaban J connectivity index is 2.13. The third-order valence-corrected chi connectivity index (χ3v) is 3.36. The quantitative estimate of drug-likeness (QED) is 0.609. The molecular weight excluding hydrogens is 206 g/mol. The zero-order chi connectivity index (χ0) is 12.0. The molecule has 1 aliphatic carbocycles. The molecule has 4 heteroatoms. The molecule has 1 saturated carbocycles. The van der Waals surface area contributed by atoms with E-state index in [1.54, 1.807) is 7.11 Å². The third kappa shape index (κ3) is 4.10. The van der Waals surface area contributed by atoms with Crippen LogP contribution in [0.5, 0.6) is 0 Å². The Bertz CT molecular complexity index is 226. The molecule has 0 aliphatic heterocycles. The Kier molecular flexibility index (Phi) is 5.22. The number of aliphatic hydroxyl groups is 1. The molecule has 2 N–H and O–H groups in total. The highest BCUT2D eigenvalue weighted by Gasteiger charge is 2.42. The summed E-state index contributed by atoms with van der Waals surface area (Å²) in [5, 5.41) is 12.0. The monoisotopic (exact) mass is 229 g/mol. The van der Waals surface area contributed by atoms with Crippen LogP contribution in [-0.2, 0) is 9.53 Å². The van der Waals surface area contributed by atoms with Crippen LogP contribution in [0.25, 0.3) is 0 Å². The van der Waals surface area contributed by atoms with Crippen molar-refractivity contribution >= 4 is 5.91 Å². The molecule has 0 bridgehead atoms. The van der Waals surface area contributed by atoms with Gasteiger partial charge in [0.25, 0.3) is 0 Å². The molecule has 0 spiro atoms. The zero-order valence-electron chi connectivity index (χ0n) is 10.3. The number of nitrogens with one attached hydrogen (secondary N) is 1. The average Bonchev–Trinajstić information content (AvgIpc) is 3.07. The summed E-state index contributed by atoms with van der Waals surface area (Å²) in [5.74, 6) is 0.125. The summed E-state index contributed by atoms with van der Waals surface area (Å²) in [6.45, 7) is 3.45. The summed E-state index contributed by atoms with van der Waals surface area (Å²) in [7, 11) is 1.67. The molecule has 1 amide bonds. The van der Waals surface area contributed by atoms with Crippen molar-refractivity contribution in [3.63, 3.8) is 0 Å².